The number of nitrogens with zero attached hydrogens (tertiary/aromatic N) is 5. The molecule has 2 atom stereocenters. The fourth-order valence-electron chi connectivity index (χ4n) is 4.31. The van der Waals surface area contributed by atoms with Crippen molar-refractivity contribution in [3.05, 3.63) is 24.0 Å². The van der Waals surface area contributed by atoms with Crippen LogP contribution in [0.15, 0.2) is 18.2 Å². The third-order valence-corrected chi connectivity index (χ3v) is 5.86. The molecule has 1 fully saturated rings. The van der Waals surface area contributed by atoms with Gasteiger partial charge in [-0.05, 0) is 45.2 Å². The van der Waals surface area contributed by atoms with E-state index in [9.17, 15) is 9.18 Å². The minimum absolute atomic E-state index is 0.0694. The fourth-order valence-corrected chi connectivity index (χ4v) is 4.31. The predicted molar refractivity (Wildman–Crippen MR) is 130 cm³/mol. The Bertz CT molecular complexity index is 1220. The van der Waals surface area contributed by atoms with Gasteiger partial charge in [-0.3, -0.25) is 5.10 Å². The topological polar surface area (TPSA) is 139 Å². The first-order valence-electron chi connectivity index (χ1n) is 11.2. The number of halogens is 1. The summed E-state index contributed by atoms with van der Waals surface area (Å²) in [6.07, 6.45) is 0.472. The first-order chi connectivity index (χ1) is 15.9. The number of rotatable bonds is 3. The predicted octanol–water partition coefficient (Wildman–Crippen LogP) is 3.41. The number of anilines is 3. The number of nitrogens with one attached hydrogen (secondary N) is 1. The van der Waals surface area contributed by atoms with E-state index in [2.05, 4.69) is 32.0 Å². The van der Waals surface area contributed by atoms with Gasteiger partial charge in [-0.1, -0.05) is 6.92 Å². The summed E-state index contributed by atoms with van der Waals surface area (Å²) < 4.78 is 20.2. The standard InChI is InChI=1S/C23H31FN8O2/c1-12-6-14(31(5)22(33)34-23(2,3)4)11-32(10-12)18-9-16(27-21(26)28-18)13-7-15(24)19-17(8-13)29-30-20(19)25/h7-9,12,14H,6,10-11H2,1-5H3,(H3,25,29,30)(H2,26,27,28). The molecule has 5 N–H and O–H groups in total. The number of aromatic amines is 1. The quantitative estimate of drug-likeness (QED) is 0.529. The molecule has 34 heavy (non-hydrogen) atoms. The van der Waals surface area contributed by atoms with Crippen molar-refractivity contribution in [3.8, 4) is 11.3 Å². The van der Waals surface area contributed by atoms with Gasteiger partial charge in [0.1, 0.15) is 17.2 Å². The number of carbonyl (C=O) groups is 1. The highest BCUT2D eigenvalue weighted by Gasteiger charge is 2.32. The van der Waals surface area contributed by atoms with Crippen molar-refractivity contribution in [3.63, 3.8) is 0 Å². The summed E-state index contributed by atoms with van der Waals surface area (Å²) >= 11 is 0. The number of hydrogen-bond donors (Lipinski definition) is 3. The van der Waals surface area contributed by atoms with Crippen LogP contribution in [0.5, 0.6) is 0 Å². The number of carbonyl (C=O) groups excluding carboxylic acids is 1. The van der Waals surface area contributed by atoms with Crippen LogP contribution in [0.25, 0.3) is 22.2 Å². The van der Waals surface area contributed by atoms with Crippen LogP contribution < -0.4 is 16.4 Å². The Kier molecular flexibility index (Phi) is 5.96. The van der Waals surface area contributed by atoms with Gasteiger partial charge in [0.15, 0.2) is 5.82 Å². The Morgan fingerprint density at radius 3 is 2.68 bits per heavy atom. The van der Waals surface area contributed by atoms with E-state index in [0.717, 1.165) is 13.0 Å². The normalized spacial score (nSPS) is 18.8. The molecule has 4 rings (SSSR count). The largest absolute Gasteiger partial charge is 0.444 e. The zero-order valence-corrected chi connectivity index (χ0v) is 20.1. The zero-order chi connectivity index (χ0) is 24.8. The van der Waals surface area contributed by atoms with Crippen LogP contribution in [0.4, 0.5) is 26.8 Å². The van der Waals surface area contributed by atoms with Gasteiger partial charge in [-0.25, -0.2) is 14.2 Å². The Labute approximate surface area is 197 Å². The van der Waals surface area contributed by atoms with Crippen molar-refractivity contribution in [2.45, 2.75) is 45.8 Å². The Morgan fingerprint density at radius 2 is 1.97 bits per heavy atom. The number of ether oxygens (including phenoxy) is 1. The second-order valence-corrected chi connectivity index (χ2v) is 9.95. The number of fused-ring (bicyclic) bond motifs is 1. The summed E-state index contributed by atoms with van der Waals surface area (Å²) in [4.78, 5) is 25.1. The number of aromatic nitrogens is 4. The highest BCUT2D eigenvalue weighted by atomic mass is 19.1. The summed E-state index contributed by atoms with van der Waals surface area (Å²) in [5, 5.41) is 6.85. The lowest BCUT2D eigenvalue weighted by Gasteiger charge is -2.41. The average Bonchev–Trinajstić information content (AvgIpc) is 3.12. The molecule has 1 saturated heterocycles. The van der Waals surface area contributed by atoms with Crippen LogP contribution in [-0.2, 0) is 4.74 Å². The van der Waals surface area contributed by atoms with Crippen LogP contribution >= 0.6 is 0 Å². The van der Waals surface area contributed by atoms with Gasteiger partial charge >= 0.3 is 6.09 Å². The fraction of sp³-hybridized carbons (Fsp3) is 0.478. The maximum Gasteiger partial charge on any atom is 0.410 e. The molecule has 3 heterocycles. The van der Waals surface area contributed by atoms with Crippen molar-refractivity contribution < 1.29 is 13.9 Å². The number of nitrogens with two attached hydrogens (primary N) is 2. The average molecular weight is 471 g/mol. The van der Waals surface area contributed by atoms with Gasteiger partial charge < -0.3 is 26.0 Å². The Balaban J connectivity index is 1.62. The Morgan fingerprint density at radius 1 is 1.24 bits per heavy atom. The SMILES string of the molecule is CC1CC(N(C)C(=O)OC(C)(C)C)CN(c2cc(-c3cc(F)c4c(N)n[nH]c4c3)nc(N)n2)C1. The molecular weight excluding hydrogens is 439 g/mol. The molecule has 2 unspecified atom stereocenters. The second kappa shape index (κ2) is 8.62. The van der Waals surface area contributed by atoms with E-state index in [1.807, 2.05) is 20.8 Å². The maximum atomic E-state index is 14.7. The molecule has 10 nitrogen and oxygen atoms in total. The molecule has 0 spiro atoms. The van der Waals surface area contributed by atoms with Crippen LogP contribution in [0, 0.1) is 11.7 Å². The van der Waals surface area contributed by atoms with Crippen molar-refractivity contribution in [2.24, 2.45) is 5.92 Å². The van der Waals surface area contributed by atoms with E-state index in [1.165, 1.54) is 6.07 Å². The number of amides is 1. The molecule has 1 aliphatic rings. The van der Waals surface area contributed by atoms with E-state index in [-0.39, 0.29) is 29.3 Å². The summed E-state index contributed by atoms with van der Waals surface area (Å²) in [5.74, 6) is 0.589. The molecule has 0 aliphatic carbocycles. The molecule has 0 radical (unpaired) electrons. The van der Waals surface area contributed by atoms with Gasteiger partial charge in [-0.2, -0.15) is 10.1 Å². The lowest BCUT2D eigenvalue weighted by molar-refractivity contribution is 0.0195. The third kappa shape index (κ3) is 4.82. The van der Waals surface area contributed by atoms with Gasteiger partial charge in [0, 0.05) is 31.8 Å². The Hall–Kier alpha value is -3.63. The first-order valence-corrected chi connectivity index (χ1v) is 11.2. The van der Waals surface area contributed by atoms with Crippen LogP contribution in [0.2, 0.25) is 0 Å². The van der Waals surface area contributed by atoms with Crippen molar-refractivity contribution in [1.29, 1.82) is 0 Å². The van der Waals surface area contributed by atoms with E-state index in [1.54, 1.807) is 24.1 Å². The highest BCUT2D eigenvalue weighted by molar-refractivity contribution is 5.92. The molecule has 0 saturated carbocycles. The van der Waals surface area contributed by atoms with E-state index < -0.39 is 11.4 Å². The van der Waals surface area contributed by atoms with Crippen LogP contribution in [0.1, 0.15) is 34.1 Å². The van der Waals surface area contributed by atoms with Gasteiger partial charge in [-0.15, -0.1) is 0 Å². The summed E-state index contributed by atoms with van der Waals surface area (Å²) in [6.45, 7) is 8.95. The highest BCUT2D eigenvalue weighted by Crippen LogP contribution is 2.31. The maximum absolute atomic E-state index is 14.7. The number of likely N-dealkylation sites (N-methyl/N-ethyl adjacent to an activating group) is 1. The zero-order valence-electron chi connectivity index (χ0n) is 20.1. The molecule has 2 aromatic heterocycles. The van der Waals surface area contributed by atoms with Crippen molar-refractivity contribution in [1.82, 2.24) is 25.1 Å². The number of nitrogen functional groups attached to an aromatic ring is 2. The number of benzene rings is 1. The van der Waals surface area contributed by atoms with E-state index >= 15 is 0 Å². The lowest BCUT2D eigenvalue weighted by Crippen LogP contribution is -2.52. The molecule has 182 valence electrons. The van der Waals surface area contributed by atoms with Crippen molar-refractivity contribution in [2.75, 3.05) is 36.5 Å². The minimum atomic E-state index is -0.572. The number of hydrogen-bond acceptors (Lipinski definition) is 8. The number of H-pyrrole nitrogens is 1. The van der Waals surface area contributed by atoms with E-state index in [4.69, 9.17) is 16.2 Å². The van der Waals surface area contributed by atoms with Crippen LogP contribution in [0.3, 0.4) is 0 Å². The van der Waals surface area contributed by atoms with Crippen molar-refractivity contribution >= 4 is 34.6 Å². The molecule has 11 heteroatoms. The smallest absolute Gasteiger partial charge is 0.410 e. The second-order valence-electron chi connectivity index (χ2n) is 9.95. The van der Waals surface area contributed by atoms with Gasteiger partial charge in [0.05, 0.1) is 22.6 Å². The summed E-state index contributed by atoms with van der Waals surface area (Å²) in [5.41, 5.74) is 12.7. The summed E-state index contributed by atoms with van der Waals surface area (Å²) in [7, 11) is 1.75. The lowest BCUT2D eigenvalue weighted by atomic mass is 9.95. The first kappa shape index (κ1) is 23.5. The molecule has 1 aliphatic heterocycles. The molecule has 1 aromatic carbocycles. The molecule has 1 amide bonds. The third-order valence-electron chi connectivity index (χ3n) is 5.86. The van der Waals surface area contributed by atoms with Gasteiger partial charge in [0.2, 0.25) is 5.95 Å². The molecule has 3 aromatic rings. The molecule has 0 bridgehead atoms. The minimum Gasteiger partial charge on any atom is -0.444 e. The van der Waals surface area contributed by atoms with Gasteiger partial charge in [0.25, 0.3) is 0 Å². The van der Waals surface area contributed by atoms with Crippen LogP contribution in [-0.4, -0.2) is 62.9 Å². The monoisotopic (exact) mass is 470 g/mol. The van der Waals surface area contributed by atoms with E-state index in [0.29, 0.717) is 35.1 Å². The molecular formula is C23H31FN8O2. The number of piperidine rings is 1. The summed E-state index contributed by atoms with van der Waals surface area (Å²) in [6, 6.07) is 4.79.